The van der Waals surface area contributed by atoms with Gasteiger partial charge in [-0.2, -0.15) is 0 Å². The normalized spacial score (nSPS) is 11.2. The van der Waals surface area contributed by atoms with Gasteiger partial charge in [0.15, 0.2) is 0 Å². The molecule has 1 aromatic rings. The summed E-state index contributed by atoms with van der Waals surface area (Å²) in [5.74, 6) is -0.0860. The van der Waals surface area contributed by atoms with Crippen LogP contribution in [0, 0.1) is 6.92 Å². The van der Waals surface area contributed by atoms with Gasteiger partial charge in [-0.3, -0.25) is 4.79 Å². The summed E-state index contributed by atoms with van der Waals surface area (Å²) in [4.78, 5) is 11.4. The third-order valence-electron chi connectivity index (χ3n) is 2.23. The topological polar surface area (TPSA) is 63.2 Å². The van der Waals surface area contributed by atoms with Gasteiger partial charge in [0.25, 0.3) is 9.05 Å². The summed E-state index contributed by atoms with van der Waals surface area (Å²) in [6, 6.07) is 4.35. The average Bonchev–Trinajstić information content (AvgIpc) is 2.20. The highest BCUT2D eigenvalue weighted by Crippen LogP contribution is 2.22. The molecule has 0 unspecified atom stereocenters. The Bertz CT molecular complexity index is 526. The van der Waals surface area contributed by atoms with Crippen molar-refractivity contribution in [1.82, 2.24) is 0 Å². The summed E-state index contributed by atoms with van der Waals surface area (Å²) in [5.41, 5.74) is 1.27. The predicted molar refractivity (Wildman–Crippen MR) is 67.8 cm³/mol. The number of carbonyl (C=O) groups excluding carboxylic acids is 1. The van der Waals surface area contributed by atoms with Crippen molar-refractivity contribution in [1.29, 1.82) is 0 Å². The molecule has 0 bridgehead atoms. The second kappa shape index (κ2) is 5.51. The molecule has 6 heteroatoms. The molecule has 0 spiro atoms. The van der Waals surface area contributed by atoms with E-state index in [-0.39, 0.29) is 10.8 Å². The molecule has 0 saturated heterocycles. The minimum absolute atomic E-state index is 0.0326. The fourth-order valence-electron chi connectivity index (χ4n) is 1.37. The summed E-state index contributed by atoms with van der Waals surface area (Å²) in [5, 5.41) is 2.71. The van der Waals surface area contributed by atoms with E-state index in [0.29, 0.717) is 17.7 Å². The molecule has 0 saturated carbocycles. The maximum absolute atomic E-state index is 11.4. The van der Waals surface area contributed by atoms with Crippen molar-refractivity contribution in [2.45, 2.75) is 31.6 Å². The van der Waals surface area contributed by atoms with E-state index in [2.05, 4.69) is 5.32 Å². The SMILES string of the molecule is CCCC(=O)Nc1ccc(S(=O)(=O)Cl)cc1C. The fourth-order valence-corrected chi connectivity index (χ4v) is 2.20. The van der Waals surface area contributed by atoms with Crippen molar-refractivity contribution in [3.05, 3.63) is 23.8 Å². The van der Waals surface area contributed by atoms with Crippen LogP contribution in [-0.2, 0) is 13.8 Å². The highest BCUT2D eigenvalue weighted by atomic mass is 35.7. The zero-order valence-electron chi connectivity index (χ0n) is 9.66. The average molecular weight is 276 g/mol. The van der Waals surface area contributed by atoms with Crippen LogP contribution in [0.25, 0.3) is 0 Å². The lowest BCUT2D eigenvalue weighted by molar-refractivity contribution is -0.116. The first-order chi connectivity index (χ1) is 7.84. The van der Waals surface area contributed by atoms with Crippen molar-refractivity contribution in [3.8, 4) is 0 Å². The number of hydrogen-bond acceptors (Lipinski definition) is 3. The van der Waals surface area contributed by atoms with Crippen LogP contribution in [0.2, 0.25) is 0 Å². The Morgan fingerprint density at radius 1 is 1.41 bits per heavy atom. The van der Waals surface area contributed by atoms with Gasteiger partial charge in [0, 0.05) is 22.8 Å². The third-order valence-corrected chi connectivity index (χ3v) is 3.58. The second-order valence-electron chi connectivity index (χ2n) is 3.71. The molecule has 1 rings (SSSR count). The maximum Gasteiger partial charge on any atom is 0.261 e. The number of nitrogens with one attached hydrogen (secondary N) is 1. The van der Waals surface area contributed by atoms with E-state index in [1.807, 2.05) is 6.92 Å². The molecule has 0 aromatic heterocycles. The Balaban J connectivity index is 2.95. The Morgan fingerprint density at radius 3 is 2.53 bits per heavy atom. The lowest BCUT2D eigenvalue weighted by Crippen LogP contribution is -2.11. The van der Waals surface area contributed by atoms with Crippen molar-refractivity contribution in [2.75, 3.05) is 5.32 Å². The summed E-state index contributed by atoms with van der Waals surface area (Å²) >= 11 is 0. The van der Waals surface area contributed by atoms with Gasteiger partial charge in [-0.1, -0.05) is 6.92 Å². The molecule has 0 aliphatic carbocycles. The fraction of sp³-hybridized carbons (Fsp3) is 0.364. The van der Waals surface area contributed by atoms with Gasteiger partial charge >= 0.3 is 0 Å². The van der Waals surface area contributed by atoms with Crippen LogP contribution in [0.3, 0.4) is 0 Å². The van der Waals surface area contributed by atoms with Crippen molar-refractivity contribution >= 4 is 31.3 Å². The largest absolute Gasteiger partial charge is 0.326 e. The second-order valence-corrected chi connectivity index (χ2v) is 6.28. The van der Waals surface area contributed by atoms with E-state index in [1.54, 1.807) is 6.92 Å². The summed E-state index contributed by atoms with van der Waals surface area (Å²) < 4.78 is 22.2. The minimum Gasteiger partial charge on any atom is -0.326 e. The number of benzene rings is 1. The molecular formula is C11H14ClNO3S. The van der Waals surface area contributed by atoms with E-state index >= 15 is 0 Å². The number of amides is 1. The van der Waals surface area contributed by atoms with Crippen LogP contribution >= 0.6 is 10.7 Å². The van der Waals surface area contributed by atoms with Gasteiger partial charge in [-0.25, -0.2) is 8.42 Å². The lowest BCUT2D eigenvalue weighted by atomic mass is 10.2. The molecule has 1 N–H and O–H groups in total. The molecule has 0 aliphatic rings. The molecule has 0 heterocycles. The standard InChI is InChI=1S/C11H14ClNO3S/c1-3-4-11(14)13-10-6-5-9(7-8(10)2)17(12,15)16/h5-7H,3-4H2,1-2H3,(H,13,14). The highest BCUT2D eigenvalue weighted by molar-refractivity contribution is 8.13. The van der Waals surface area contributed by atoms with Crippen LogP contribution < -0.4 is 5.32 Å². The van der Waals surface area contributed by atoms with E-state index in [4.69, 9.17) is 10.7 Å². The quantitative estimate of drug-likeness (QED) is 0.859. The van der Waals surface area contributed by atoms with Gasteiger partial charge < -0.3 is 5.32 Å². The molecule has 4 nitrogen and oxygen atoms in total. The number of carbonyl (C=O) groups is 1. The Kier molecular flexibility index (Phi) is 4.54. The molecule has 0 aliphatic heterocycles. The van der Waals surface area contributed by atoms with E-state index in [9.17, 15) is 13.2 Å². The Morgan fingerprint density at radius 2 is 2.06 bits per heavy atom. The van der Waals surface area contributed by atoms with Crippen LogP contribution in [0.5, 0.6) is 0 Å². The lowest BCUT2D eigenvalue weighted by Gasteiger charge is -2.08. The molecule has 0 fully saturated rings. The first-order valence-corrected chi connectivity index (χ1v) is 7.50. The van der Waals surface area contributed by atoms with E-state index in [1.165, 1.54) is 18.2 Å². The molecule has 94 valence electrons. The minimum atomic E-state index is -3.72. The number of rotatable bonds is 4. The van der Waals surface area contributed by atoms with E-state index in [0.717, 1.165) is 6.42 Å². The van der Waals surface area contributed by atoms with Gasteiger partial charge in [-0.15, -0.1) is 0 Å². The van der Waals surface area contributed by atoms with Crippen molar-refractivity contribution < 1.29 is 13.2 Å². The van der Waals surface area contributed by atoms with E-state index < -0.39 is 9.05 Å². The third kappa shape index (κ3) is 4.02. The van der Waals surface area contributed by atoms with Gasteiger partial charge in [0.2, 0.25) is 5.91 Å². The number of anilines is 1. The molecule has 0 radical (unpaired) electrons. The van der Waals surface area contributed by atoms with Crippen molar-refractivity contribution in [3.63, 3.8) is 0 Å². The number of halogens is 1. The Labute approximate surface area is 105 Å². The Hall–Kier alpha value is -1.07. The number of aryl methyl sites for hydroxylation is 1. The first kappa shape index (κ1) is 14.0. The monoisotopic (exact) mass is 275 g/mol. The van der Waals surface area contributed by atoms with Crippen LogP contribution in [0.15, 0.2) is 23.1 Å². The molecular weight excluding hydrogens is 262 g/mol. The molecule has 1 aromatic carbocycles. The number of hydrogen-bond donors (Lipinski definition) is 1. The highest BCUT2D eigenvalue weighted by Gasteiger charge is 2.12. The first-order valence-electron chi connectivity index (χ1n) is 5.19. The predicted octanol–water partition coefficient (Wildman–Crippen LogP) is 2.66. The maximum atomic E-state index is 11.4. The van der Waals surface area contributed by atoms with Gasteiger partial charge in [0.05, 0.1) is 4.90 Å². The smallest absolute Gasteiger partial charge is 0.261 e. The molecule has 17 heavy (non-hydrogen) atoms. The zero-order valence-corrected chi connectivity index (χ0v) is 11.2. The molecule has 1 amide bonds. The van der Waals surface area contributed by atoms with Crippen LogP contribution in [0.1, 0.15) is 25.3 Å². The van der Waals surface area contributed by atoms with Crippen molar-refractivity contribution in [2.24, 2.45) is 0 Å². The van der Waals surface area contributed by atoms with Crippen LogP contribution in [-0.4, -0.2) is 14.3 Å². The summed E-state index contributed by atoms with van der Waals surface area (Å²) in [6.45, 7) is 3.63. The van der Waals surface area contributed by atoms with Gasteiger partial charge in [-0.05, 0) is 37.1 Å². The molecule has 0 atom stereocenters. The summed E-state index contributed by atoms with van der Waals surface area (Å²) in [6.07, 6.45) is 1.20. The van der Waals surface area contributed by atoms with Crippen LogP contribution in [0.4, 0.5) is 5.69 Å². The zero-order chi connectivity index (χ0) is 13.1. The van der Waals surface area contributed by atoms with Gasteiger partial charge in [0.1, 0.15) is 0 Å². The summed E-state index contributed by atoms with van der Waals surface area (Å²) in [7, 11) is 1.50.